The van der Waals surface area contributed by atoms with E-state index in [0.717, 1.165) is 37.1 Å². The van der Waals surface area contributed by atoms with Gasteiger partial charge in [0.25, 0.3) is 0 Å². The van der Waals surface area contributed by atoms with E-state index in [1.54, 1.807) is 11.0 Å². The number of aromatic hydroxyl groups is 1. The number of ether oxygens (including phenoxy) is 1. The van der Waals surface area contributed by atoms with Crippen LogP contribution in [0.4, 0.5) is 4.79 Å². The van der Waals surface area contributed by atoms with E-state index >= 15 is 0 Å². The fourth-order valence-electron chi connectivity index (χ4n) is 3.35. The molecule has 26 heavy (non-hydrogen) atoms. The molecule has 1 fully saturated rings. The number of hydrogen-bond donors (Lipinski definition) is 1. The third-order valence-electron chi connectivity index (χ3n) is 4.79. The maximum atomic E-state index is 12.1. The lowest BCUT2D eigenvalue weighted by Gasteiger charge is -2.37. The molecule has 5 nitrogen and oxygen atoms in total. The monoisotopic (exact) mass is 356 g/mol. The van der Waals surface area contributed by atoms with Crippen molar-refractivity contribution in [2.24, 2.45) is 5.92 Å². The van der Waals surface area contributed by atoms with Gasteiger partial charge in [-0.3, -0.25) is 0 Å². The number of nitrogens with zero attached hydrogens (tertiary/aromatic N) is 2. The second-order valence-corrected chi connectivity index (χ2v) is 7.30. The lowest BCUT2D eigenvalue weighted by molar-refractivity contribution is 0.0744. The molecule has 2 aliphatic rings. The van der Waals surface area contributed by atoms with Crippen LogP contribution in [0.15, 0.2) is 42.1 Å². The zero-order valence-corrected chi connectivity index (χ0v) is 15.6. The van der Waals surface area contributed by atoms with Crippen molar-refractivity contribution in [2.45, 2.75) is 26.7 Å². The topological polar surface area (TPSA) is 53.0 Å². The average Bonchev–Trinajstić information content (AvgIpc) is 2.66. The van der Waals surface area contributed by atoms with Crippen LogP contribution in [-0.4, -0.2) is 53.8 Å². The Labute approximate surface area is 155 Å². The van der Waals surface area contributed by atoms with Crippen LogP contribution < -0.4 is 0 Å². The Morgan fingerprint density at radius 2 is 1.92 bits per heavy atom. The number of para-hydroxylation sites is 1. The minimum Gasteiger partial charge on any atom is -0.507 e. The summed E-state index contributed by atoms with van der Waals surface area (Å²) in [6.07, 6.45) is 6.11. The number of phenolic OH excluding ortho intramolecular Hbond substituents is 1. The third-order valence-corrected chi connectivity index (χ3v) is 4.79. The number of amides is 1. The van der Waals surface area contributed by atoms with Gasteiger partial charge >= 0.3 is 6.09 Å². The average molecular weight is 356 g/mol. The molecule has 5 heteroatoms. The predicted octanol–water partition coefficient (Wildman–Crippen LogP) is 3.86. The van der Waals surface area contributed by atoms with Crippen LogP contribution in [0.25, 0.3) is 5.57 Å². The summed E-state index contributed by atoms with van der Waals surface area (Å²) in [5.74, 6) is 0.668. The van der Waals surface area contributed by atoms with E-state index in [-0.39, 0.29) is 6.09 Å². The lowest BCUT2D eigenvalue weighted by Crippen LogP contribution is -2.48. The van der Waals surface area contributed by atoms with Gasteiger partial charge in [-0.2, -0.15) is 0 Å². The first-order valence-electron chi connectivity index (χ1n) is 9.40. The second kappa shape index (κ2) is 8.30. The molecule has 0 bridgehead atoms. The van der Waals surface area contributed by atoms with Crippen LogP contribution in [0.3, 0.4) is 0 Å². The number of rotatable bonds is 4. The Hall–Kier alpha value is -2.43. The van der Waals surface area contributed by atoms with E-state index in [1.807, 2.05) is 32.0 Å². The van der Waals surface area contributed by atoms with Gasteiger partial charge in [-0.1, -0.05) is 38.1 Å². The summed E-state index contributed by atoms with van der Waals surface area (Å²) in [6, 6.07) is 7.45. The summed E-state index contributed by atoms with van der Waals surface area (Å²) in [6.45, 7) is 7.55. The molecule has 0 aromatic heterocycles. The number of carbonyl (C=O) groups excluding carboxylic acids is 1. The molecule has 1 aliphatic heterocycles. The van der Waals surface area contributed by atoms with Crippen molar-refractivity contribution < 1.29 is 14.6 Å². The number of phenols is 1. The van der Waals surface area contributed by atoms with E-state index in [2.05, 4.69) is 17.1 Å². The van der Waals surface area contributed by atoms with Gasteiger partial charge in [-0.25, -0.2) is 4.79 Å². The van der Waals surface area contributed by atoms with Crippen molar-refractivity contribution in [1.29, 1.82) is 0 Å². The van der Waals surface area contributed by atoms with Crippen molar-refractivity contribution in [3.63, 3.8) is 0 Å². The molecule has 1 aromatic rings. The summed E-state index contributed by atoms with van der Waals surface area (Å²) < 4.78 is 5.33. The summed E-state index contributed by atoms with van der Waals surface area (Å²) >= 11 is 0. The standard InChI is InChI=1S/C21H28N2O3/c1-16(2)15-26-21(25)23-12-10-22(11-13-23)18-7-5-6-17(14-18)19-8-3-4-9-20(19)24/h3-4,6,8-9,14,16,24H,5,7,10-13,15H2,1-2H3. The van der Waals surface area contributed by atoms with Crippen LogP contribution in [0, 0.1) is 5.92 Å². The fourth-order valence-corrected chi connectivity index (χ4v) is 3.35. The molecule has 3 rings (SSSR count). The smallest absolute Gasteiger partial charge is 0.409 e. The minimum absolute atomic E-state index is 0.203. The fraction of sp³-hybridized carbons (Fsp3) is 0.476. The van der Waals surface area contributed by atoms with Crippen LogP contribution in [0.1, 0.15) is 32.3 Å². The Balaban J connectivity index is 1.60. The predicted molar refractivity (Wildman–Crippen MR) is 103 cm³/mol. The minimum atomic E-state index is -0.203. The summed E-state index contributed by atoms with van der Waals surface area (Å²) in [4.78, 5) is 16.2. The number of piperazine rings is 1. The molecule has 1 aromatic carbocycles. The van der Waals surface area contributed by atoms with Crippen LogP contribution >= 0.6 is 0 Å². The molecular formula is C21H28N2O3. The number of carbonyl (C=O) groups is 1. The molecule has 1 heterocycles. The Kier molecular flexibility index (Phi) is 5.86. The molecule has 0 radical (unpaired) electrons. The van der Waals surface area contributed by atoms with E-state index in [1.165, 1.54) is 5.70 Å². The van der Waals surface area contributed by atoms with E-state index in [0.29, 0.717) is 31.4 Å². The van der Waals surface area contributed by atoms with Crippen molar-refractivity contribution >= 4 is 11.7 Å². The SMILES string of the molecule is CC(C)COC(=O)N1CCN(C2=CC(c3ccccc3O)=CCC2)CC1. The summed E-state index contributed by atoms with van der Waals surface area (Å²) in [7, 11) is 0. The molecule has 1 saturated heterocycles. The number of hydrogen-bond acceptors (Lipinski definition) is 4. The molecule has 1 aliphatic carbocycles. The molecule has 1 N–H and O–H groups in total. The summed E-state index contributed by atoms with van der Waals surface area (Å²) in [5.41, 5.74) is 3.23. The number of allylic oxidation sites excluding steroid dienone is 4. The first-order chi connectivity index (χ1) is 12.5. The van der Waals surface area contributed by atoms with Crippen molar-refractivity contribution in [2.75, 3.05) is 32.8 Å². The molecule has 0 atom stereocenters. The summed E-state index contributed by atoms with van der Waals surface area (Å²) in [5, 5.41) is 10.1. The normalized spacial score (nSPS) is 17.8. The van der Waals surface area contributed by atoms with Gasteiger partial charge in [-0.15, -0.1) is 0 Å². The molecule has 140 valence electrons. The van der Waals surface area contributed by atoms with Crippen LogP contribution in [0.5, 0.6) is 5.75 Å². The molecule has 0 unspecified atom stereocenters. The quantitative estimate of drug-likeness (QED) is 0.890. The molecule has 0 spiro atoms. The van der Waals surface area contributed by atoms with Crippen molar-refractivity contribution in [1.82, 2.24) is 9.80 Å². The highest BCUT2D eigenvalue weighted by atomic mass is 16.6. The molecule has 1 amide bonds. The highest BCUT2D eigenvalue weighted by Crippen LogP contribution is 2.32. The molecular weight excluding hydrogens is 328 g/mol. The number of benzene rings is 1. The van der Waals surface area contributed by atoms with Crippen LogP contribution in [0.2, 0.25) is 0 Å². The third kappa shape index (κ3) is 4.40. The van der Waals surface area contributed by atoms with Crippen LogP contribution in [-0.2, 0) is 4.74 Å². The first-order valence-corrected chi connectivity index (χ1v) is 9.40. The maximum absolute atomic E-state index is 12.1. The maximum Gasteiger partial charge on any atom is 0.409 e. The zero-order valence-electron chi connectivity index (χ0n) is 15.6. The Bertz CT molecular complexity index is 701. The zero-order chi connectivity index (χ0) is 18.5. The Morgan fingerprint density at radius 3 is 2.62 bits per heavy atom. The lowest BCUT2D eigenvalue weighted by atomic mass is 9.96. The van der Waals surface area contributed by atoms with Gasteiger partial charge in [0, 0.05) is 37.4 Å². The van der Waals surface area contributed by atoms with Gasteiger partial charge in [0.05, 0.1) is 6.61 Å². The van der Waals surface area contributed by atoms with E-state index < -0.39 is 0 Å². The van der Waals surface area contributed by atoms with Crippen molar-refractivity contribution in [3.8, 4) is 5.75 Å². The van der Waals surface area contributed by atoms with Gasteiger partial charge in [0.1, 0.15) is 5.75 Å². The Morgan fingerprint density at radius 1 is 1.19 bits per heavy atom. The molecule has 0 saturated carbocycles. The largest absolute Gasteiger partial charge is 0.507 e. The first kappa shape index (κ1) is 18.4. The second-order valence-electron chi connectivity index (χ2n) is 7.30. The van der Waals surface area contributed by atoms with Gasteiger partial charge in [0.2, 0.25) is 0 Å². The van der Waals surface area contributed by atoms with E-state index in [4.69, 9.17) is 4.74 Å². The van der Waals surface area contributed by atoms with Gasteiger partial charge in [0.15, 0.2) is 0 Å². The highest BCUT2D eigenvalue weighted by Gasteiger charge is 2.24. The van der Waals surface area contributed by atoms with E-state index in [9.17, 15) is 9.90 Å². The van der Waals surface area contributed by atoms with Crippen molar-refractivity contribution in [3.05, 3.63) is 47.7 Å². The highest BCUT2D eigenvalue weighted by molar-refractivity contribution is 5.78. The van der Waals surface area contributed by atoms with Gasteiger partial charge < -0.3 is 19.6 Å². The van der Waals surface area contributed by atoms with Gasteiger partial charge in [-0.05, 0) is 36.5 Å².